The number of hydrogen-bond donors (Lipinski definition) is 1. The molecular formula is C15H21BrN2O. The Balaban J connectivity index is 1.79. The smallest absolute Gasteiger partial charge is 0.236 e. The third-order valence-corrected chi connectivity index (χ3v) is 4.07. The number of aryl methyl sites for hydroxylation is 1. The molecule has 4 heteroatoms. The number of hydrogen-bond acceptors (Lipinski definition) is 2. The lowest BCUT2D eigenvalue weighted by Gasteiger charge is -2.18. The van der Waals surface area contributed by atoms with Gasteiger partial charge in [0.2, 0.25) is 5.91 Å². The molecule has 104 valence electrons. The van der Waals surface area contributed by atoms with Gasteiger partial charge in [-0.2, -0.15) is 0 Å². The van der Waals surface area contributed by atoms with Gasteiger partial charge in [-0.1, -0.05) is 22.0 Å². The predicted octanol–water partition coefficient (Wildman–Crippen LogP) is 2.51. The number of halogens is 1. The molecular weight excluding hydrogens is 304 g/mol. The fourth-order valence-electron chi connectivity index (χ4n) is 1.98. The molecule has 19 heavy (non-hydrogen) atoms. The van der Waals surface area contributed by atoms with Gasteiger partial charge >= 0.3 is 0 Å². The Morgan fingerprint density at radius 1 is 1.47 bits per heavy atom. The first-order chi connectivity index (χ1) is 9.06. The van der Waals surface area contributed by atoms with E-state index in [4.69, 9.17) is 0 Å². The van der Waals surface area contributed by atoms with Crippen LogP contribution in [0.4, 0.5) is 0 Å². The topological polar surface area (TPSA) is 32.3 Å². The number of amides is 1. The average molecular weight is 325 g/mol. The largest absolute Gasteiger partial charge is 0.344 e. The molecule has 2 rings (SSSR count). The molecule has 0 saturated heterocycles. The maximum absolute atomic E-state index is 11.9. The van der Waals surface area contributed by atoms with Gasteiger partial charge in [-0.05, 0) is 49.4 Å². The summed E-state index contributed by atoms with van der Waals surface area (Å²) < 4.78 is 1.09. The molecule has 0 atom stereocenters. The number of nitrogens with one attached hydrogen (secondary N) is 1. The fraction of sp³-hybridized carbons (Fsp3) is 0.533. The normalized spacial score (nSPS) is 14.5. The van der Waals surface area contributed by atoms with Gasteiger partial charge in [0.15, 0.2) is 0 Å². The molecule has 1 aliphatic rings. The van der Waals surface area contributed by atoms with Gasteiger partial charge in [0.25, 0.3) is 0 Å². The fourth-order valence-corrected chi connectivity index (χ4v) is 2.38. The van der Waals surface area contributed by atoms with E-state index in [2.05, 4.69) is 40.3 Å². The van der Waals surface area contributed by atoms with Crippen LogP contribution in [0.5, 0.6) is 0 Å². The quantitative estimate of drug-likeness (QED) is 0.872. The summed E-state index contributed by atoms with van der Waals surface area (Å²) >= 11 is 3.49. The van der Waals surface area contributed by atoms with Gasteiger partial charge < -0.3 is 10.2 Å². The molecule has 1 aromatic carbocycles. The van der Waals surface area contributed by atoms with Crippen molar-refractivity contribution in [3.8, 4) is 0 Å². The highest BCUT2D eigenvalue weighted by Gasteiger charge is 2.21. The molecule has 0 unspecified atom stereocenters. The molecule has 1 amide bonds. The van der Waals surface area contributed by atoms with Crippen LogP contribution in [0.2, 0.25) is 0 Å². The third-order valence-electron chi connectivity index (χ3n) is 3.57. The second-order valence-corrected chi connectivity index (χ2v) is 6.21. The van der Waals surface area contributed by atoms with E-state index in [1.165, 1.54) is 24.0 Å². The van der Waals surface area contributed by atoms with Crippen LogP contribution in [-0.4, -0.2) is 37.0 Å². The molecule has 1 saturated carbocycles. The predicted molar refractivity (Wildman–Crippen MR) is 81.2 cm³/mol. The lowest BCUT2D eigenvalue weighted by molar-refractivity contribution is -0.128. The number of carbonyl (C=O) groups excluding carboxylic acids is 1. The van der Waals surface area contributed by atoms with Crippen LogP contribution in [0.15, 0.2) is 22.7 Å². The average Bonchev–Trinajstić information content (AvgIpc) is 3.20. The number of likely N-dealkylation sites (N-methyl/N-ethyl adjacent to an activating group) is 1. The highest BCUT2D eigenvalue weighted by Crippen LogP contribution is 2.18. The van der Waals surface area contributed by atoms with E-state index in [0.29, 0.717) is 12.6 Å². The molecule has 1 aliphatic carbocycles. The van der Waals surface area contributed by atoms with E-state index in [9.17, 15) is 4.79 Å². The maximum atomic E-state index is 11.9. The standard InChI is InChI=1S/C15H21BrN2O/c1-11-3-4-13(16)9-12(11)7-8-18(2)15(19)10-17-14-5-6-14/h3-4,9,14,17H,5-8,10H2,1-2H3. The summed E-state index contributed by atoms with van der Waals surface area (Å²) in [7, 11) is 1.88. The monoisotopic (exact) mass is 324 g/mol. The first kappa shape index (κ1) is 14.5. The molecule has 1 aromatic rings. The second-order valence-electron chi connectivity index (χ2n) is 5.29. The van der Waals surface area contributed by atoms with Crippen molar-refractivity contribution in [1.82, 2.24) is 10.2 Å². The van der Waals surface area contributed by atoms with Gasteiger partial charge in [0.05, 0.1) is 6.54 Å². The Hall–Kier alpha value is -0.870. The van der Waals surface area contributed by atoms with Gasteiger partial charge in [0.1, 0.15) is 0 Å². The van der Waals surface area contributed by atoms with Crippen molar-refractivity contribution in [2.45, 2.75) is 32.2 Å². The molecule has 3 nitrogen and oxygen atoms in total. The first-order valence-electron chi connectivity index (χ1n) is 6.78. The van der Waals surface area contributed by atoms with E-state index in [1.54, 1.807) is 0 Å². The second kappa shape index (κ2) is 6.53. The summed E-state index contributed by atoms with van der Waals surface area (Å²) in [5.74, 6) is 0.180. The summed E-state index contributed by atoms with van der Waals surface area (Å²) in [5, 5.41) is 3.26. The molecule has 1 N–H and O–H groups in total. The zero-order valence-electron chi connectivity index (χ0n) is 11.6. The van der Waals surface area contributed by atoms with Gasteiger partial charge in [0, 0.05) is 24.1 Å². The van der Waals surface area contributed by atoms with E-state index in [-0.39, 0.29) is 5.91 Å². The number of rotatable bonds is 6. The van der Waals surface area contributed by atoms with E-state index in [1.807, 2.05) is 18.0 Å². The molecule has 0 bridgehead atoms. The summed E-state index contributed by atoms with van der Waals surface area (Å²) in [4.78, 5) is 13.7. The Morgan fingerprint density at radius 2 is 2.21 bits per heavy atom. The minimum Gasteiger partial charge on any atom is -0.344 e. The zero-order chi connectivity index (χ0) is 13.8. The minimum atomic E-state index is 0.180. The van der Waals surface area contributed by atoms with Crippen LogP contribution >= 0.6 is 15.9 Å². The van der Waals surface area contributed by atoms with Crippen molar-refractivity contribution in [2.24, 2.45) is 0 Å². The summed E-state index contributed by atoms with van der Waals surface area (Å²) in [6.07, 6.45) is 3.33. The van der Waals surface area contributed by atoms with Crippen molar-refractivity contribution in [1.29, 1.82) is 0 Å². The summed E-state index contributed by atoms with van der Waals surface area (Å²) in [6, 6.07) is 6.88. The molecule has 0 spiro atoms. The molecule has 0 aliphatic heterocycles. The van der Waals surface area contributed by atoms with Crippen LogP contribution < -0.4 is 5.32 Å². The molecule has 0 heterocycles. The summed E-state index contributed by atoms with van der Waals surface area (Å²) in [6.45, 7) is 3.35. The lowest BCUT2D eigenvalue weighted by Crippen LogP contribution is -2.37. The molecule has 0 radical (unpaired) electrons. The van der Waals surface area contributed by atoms with Crippen molar-refractivity contribution in [3.63, 3.8) is 0 Å². The first-order valence-corrected chi connectivity index (χ1v) is 7.58. The summed E-state index contributed by atoms with van der Waals surface area (Å²) in [5.41, 5.74) is 2.57. The van der Waals surface area contributed by atoms with Crippen molar-refractivity contribution in [3.05, 3.63) is 33.8 Å². The van der Waals surface area contributed by atoms with Gasteiger partial charge in [-0.3, -0.25) is 4.79 Å². The Morgan fingerprint density at radius 3 is 2.89 bits per heavy atom. The van der Waals surface area contributed by atoms with Crippen molar-refractivity contribution >= 4 is 21.8 Å². The zero-order valence-corrected chi connectivity index (χ0v) is 13.2. The van der Waals surface area contributed by atoms with Crippen LogP contribution in [0.25, 0.3) is 0 Å². The molecule has 0 aromatic heterocycles. The van der Waals surface area contributed by atoms with Crippen LogP contribution in [-0.2, 0) is 11.2 Å². The SMILES string of the molecule is Cc1ccc(Br)cc1CCN(C)C(=O)CNC1CC1. The maximum Gasteiger partial charge on any atom is 0.236 e. The number of benzene rings is 1. The number of nitrogens with zero attached hydrogens (tertiary/aromatic N) is 1. The van der Waals surface area contributed by atoms with Gasteiger partial charge in [-0.15, -0.1) is 0 Å². The van der Waals surface area contributed by atoms with Crippen LogP contribution in [0.1, 0.15) is 24.0 Å². The van der Waals surface area contributed by atoms with E-state index >= 15 is 0 Å². The Bertz CT molecular complexity index is 457. The highest BCUT2D eigenvalue weighted by atomic mass is 79.9. The van der Waals surface area contributed by atoms with Crippen LogP contribution in [0.3, 0.4) is 0 Å². The Labute approximate surface area is 123 Å². The van der Waals surface area contributed by atoms with Crippen molar-refractivity contribution in [2.75, 3.05) is 20.1 Å². The van der Waals surface area contributed by atoms with Crippen molar-refractivity contribution < 1.29 is 4.79 Å². The molecule has 1 fully saturated rings. The van der Waals surface area contributed by atoms with Gasteiger partial charge in [-0.25, -0.2) is 0 Å². The van der Waals surface area contributed by atoms with Crippen LogP contribution in [0, 0.1) is 6.92 Å². The highest BCUT2D eigenvalue weighted by molar-refractivity contribution is 9.10. The number of carbonyl (C=O) groups is 1. The lowest BCUT2D eigenvalue weighted by atomic mass is 10.1. The van der Waals surface area contributed by atoms with E-state index < -0.39 is 0 Å². The minimum absolute atomic E-state index is 0.180. The van der Waals surface area contributed by atoms with E-state index in [0.717, 1.165) is 17.4 Å². The Kier molecular flexibility index (Phi) is 4.99. The third kappa shape index (κ3) is 4.62.